The third-order valence-corrected chi connectivity index (χ3v) is 2.04. The van der Waals surface area contributed by atoms with E-state index in [9.17, 15) is 0 Å². The van der Waals surface area contributed by atoms with Gasteiger partial charge in [-0.15, -0.1) is 0 Å². The Balaban J connectivity index is -0.000000180. The zero-order valence-corrected chi connectivity index (χ0v) is 11.3. The van der Waals surface area contributed by atoms with Gasteiger partial charge in [0.2, 0.25) is 0 Å². The van der Waals surface area contributed by atoms with E-state index in [0.29, 0.717) is 0 Å². The maximum Gasteiger partial charge on any atom is 0.0558 e. The molecule has 0 aliphatic carbocycles. The van der Waals surface area contributed by atoms with Crippen LogP contribution in [0.2, 0.25) is 0 Å². The van der Waals surface area contributed by atoms with Crippen LogP contribution in [0.4, 0.5) is 0 Å². The smallest absolute Gasteiger partial charge is 0.0558 e. The second-order valence-electron chi connectivity index (χ2n) is 3.24. The van der Waals surface area contributed by atoms with E-state index in [-0.39, 0.29) is 30.3 Å². The van der Waals surface area contributed by atoms with Crippen molar-refractivity contribution in [3.63, 3.8) is 0 Å². The summed E-state index contributed by atoms with van der Waals surface area (Å²) in [6, 6.07) is 0. The van der Waals surface area contributed by atoms with E-state index in [1.165, 1.54) is 0 Å². The topological polar surface area (TPSA) is 46.9 Å². The molecule has 0 aliphatic heterocycles. The van der Waals surface area contributed by atoms with Gasteiger partial charge in [-0.3, -0.25) is 0 Å². The fraction of sp³-hybridized carbons (Fsp3) is 1.00. The van der Waals surface area contributed by atoms with Crippen LogP contribution in [0.5, 0.6) is 0 Å². The normalized spacial score (nSPS) is 9.60. The van der Waals surface area contributed by atoms with Crippen LogP contribution in [-0.4, -0.2) is 73.5 Å². The van der Waals surface area contributed by atoms with Crippen LogP contribution in [0.1, 0.15) is 13.8 Å². The van der Waals surface area contributed by atoms with Gasteiger partial charge in [0, 0.05) is 30.2 Å². The first-order valence-corrected chi connectivity index (χ1v) is 5.21. The maximum absolute atomic E-state index is 8.33. The van der Waals surface area contributed by atoms with Crippen LogP contribution >= 0.6 is 0 Å². The molecule has 4 nitrogen and oxygen atoms in total. The summed E-state index contributed by atoms with van der Waals surface area (Å²) < 4.78 is 0. The number of hydrogen-bond acceptors (Lipinski definition) is 4. The molecule has 0 aromatic rings. The van der Waals surface area contributed by atoms with Gasteiger partial charge < -0.3 is 20.0 Å². The predicted molar refractivity (Wildman–Crippen MR) is 60.5 cm³/mol. The number of aliphatic hydroxyl groups excluding tert-OH is 2. The summed E-state index contributed by atoms with van der Waals surface area (Å²) in [6.45, 7) is 8.27. The second-order valence-corrected chi connectivity index (χ2v) is 3.24. The molecule has 2 N–H and O–H groups in total. The Hall–Kier alpha value is 0.359. The van der Waals surface area contributed by atoms with Crippen LogP contribution in [0.15, 0.2) is 0 Å². The SMILES string of the molecule is CCN(C)CCO.CCN(C)CCO.[Cu]. The van der Waals surface area contributed by atoms with Crippen molar-refractivity contribution in [2.75, 3.05) is 53.5 Å². The molecule has 5 heteroatoms. The van der Waals surface area contributed by atoms with Crippen LogP contribution < -0.4 is 0 Å². The van der Waals surface area contributed by atoms with Gasteiger partial charge in [-0.25, -0.2) is 0 Å². The molecule has 0 fully saturated rings. The molecule has 0 amide bonds. The molecule has 99 valence electrons. The van der Waals surface area contributed by atoms with Gasteiger partial charge in [0.1, 0.15) is 0 Å². The molecule has 0 aromatic heterocycles. The molecule has 0 rings (SSSR count). The number of rotatable bonds is 6. The molecule has 0 aromatic carbocycles. The summed E-state index contributed by atoms with van der Waals surface area (Å²) in [5.74, 6) is 0. The van der Waals surface area contributed by atoms with E-state index >= 15 is 0 Å². The quantitative estimate of drug-likeness (QED) is 0.659. The van der Waals surface area contributed by atoms with Crippen molar-refractivity contribution in [1.82, 2.24) is 9.80 Å². The first-order chi connectivity index (χ1) is 6.62. The van der Waals surface area contributed by atoms with E-state index < -0.39 is 0 Å². The Morgan fingerprint density at radius 2 is 1.07 bits per heavy atom. The molecule has 0 spiro atoms. The third-order valence-electron chi connectivity index (χ3n) is 2.04. The average molecular weight is 270 g/mol. The van der Waals surface area contributed by atoms with Crippen molar-refractivity contribution in [2.45, 2.75) is 13.8 Å². The standard InChI is InChI=1S/2C5H13NO.Cu/c2*1-3-6(2)4-5-7;/h2*7H,3-5H2,1-2H3;. The number of hydrogen-bond donors (Lipinski definition) is 2. The Morgan fingerprint density at radius 1 is 0.800 bits per heavy atom. The van der Waals surface area contributed by atoms with E-state index in [2.05, 4.69) is 23.6 Å². The molecule has 0 saturated heterocycles. The predicted octanol–water partition coefficient (Wildman–Crippen LogP) is -0.142. The van der Waals surface area contributed by atoms with E-state index in [1.54, 1.807) is 0 Å². The van der Waals surface area contributed by atoms with Crippen molar-refractivity contribution in [2.24, 2.45) is 0 Å². The van der Waals surface area contributed by atoms with Crippen LogP contribution in [0, 0.1) is 0 Å². The Bertz CT molecular complexity index is 95.4. The van der Waals surface area contributed by atoms with Crippen LogP contribution in [-0.2, 0) is 17.1 Å². The average Bonchev–Trinajstić information content (AvgIpc) is 2.19. The Labute approximate surface area is 105 Å². The fourth-order valence-electron chi connectivity index (χ4n) is 0.658. The van der Waals surface area contributed by atoms with Gasteiger partial charge in [0.15, 0.2) is 0 Å². The minimum Gasteiger partial charge on any atom is -0.395 e. The maximum atomic E-state index is 8.33. The van der Waals surface area contributed by atoms with Gasteiger partial charge in [-0.05, 0) is 27.2 Å². The fourth-order valence-corrected chi connectivity index (χ4v) is 0.658. The second kappa shape index (κ2) is 16.8. The zero-order chi connectivity index (χ0) is 11.4. The molecule has 15 heavy (non-hydrogen) atoms. The molecule has 1 radical (unpaired) electrons. The van der Waals surface area contributed by atoms with Crippen molar-refractivity contribution in [3.05, 3.63) is 0 Å². The van der Waals surface area contributed by atoms with Gasteiger partial charge in [0.25, 0.3) is 0 Å². The monoisotopic (exact) mass is 269 g/mol. The first kappa shape index (κ1) is 20.7. The Morgan fingerprint density at radius 3 is 1.13 bits per heavy atom. The number of likely N-dealkylation sites (N-methyl/N-ethyl adjacent to an activating group) is 2. The molecule has 0 bridgehead atoms. The van der Waals surface area contributed by atoms with Gasteiger partial charge in [0.05, 0.1) is 13.2 Å². The molecule has 0 heterocycles. The van der Waals surface area contributed by atoms with Gasteiger partial charge in [-0.2, -0.15) is 0 Å². The summed E-state index contributed by atoms with van der Waals surface area (Å²) in [7, 11) is 3.96. The molecule has 0 atom stereocenters. The Kier molecular flexibility index (Phi) is 23.2. The van der Waals surface area contributed by atoms with E-state index in [4.69, 9.17) is 10.2 Å². The number of aliphatic hydroxyl groups is 2. The molecule has 0 unspecified atom stereocenters. The summed E-state index contributed by atoms with van der Waals surface area (Å²) >= 11 is 0. The molecule has 0 saturated carbocycles. The van der Waals surface area contributed by atoms with E-state index in [1.807, 2.05) is 14.1 Å². The summed E-state index contributed by atoms with van der Waals surface area (Å²) in [5.41, 5.74) is 0. The van der Waals surface area contributed by atoms with E-state index in [0.717, 1.165) is 26.2 Å². The zero-order valence-electron chi connectivity index (χ0n) is 10.3. The largest absolute Gasteiger partial charge is 0.395 e. The van der Waals surface area contributed by atoms with Crippen LogP contribution in [0.3, 0.4) is 0 Å². The summed E-state index contributed by atoms with van der Waals surface area (Å²) in [5, 5.41) is 16.7. The first-order valence-electron chi connectivity index (χ1n) is 5.21. The summed E-state index contributed by atoms with van der Waals surface area (Å²) in [6.07, 6.45) is 0. The minimum absolute atomic E-state index is 0. The van der Waals surface area contributed by atoms with Crippen molar-refractivity contribution in [1.29, 1.82) is 0 Å². The van der Waals surface area contributed by atoms with Crippen molar-refractivity contribution in [3.8, 4) is 0 Å². The molecular weight excluding hydrogens is 244 g/mol. The van der Waals surface area contributed by atoms with Crippen molar-refractivity contribution < 1.29 is 27.3 Å². The minimum atomic E-state index is 0. The molecule has 0 aliphatic rings. The van der Waals surface area contributed by atoms with Crippen molar-refractivity contribution >= 4 is 0 Å². The summed E-state index contributed by atoms with van der Waals surface area (Å²) in [4.78, 5) is 4.11. The molecular formula is C10H26CuN2O2. The van der Waals surface area contributed by atoms with Gasteiger partial charge in [-0.1, -0.05) is 13.8 Å². The number of nitrogens with zero attached hydrogens (tertiary/aromatic N) is 2. The van der Waals surface area contributed by atoms with Crippen LogP contribution in [0.25, 0.3) is 0 Å². The third kappa shape index (κ3) is 20.4. The van der Waals surface area contributed by atoms with Gasteiger partial charge >= 0.3 is 0 Å².